The predicted molar refractivity (Wildman–Crippen MR) is 108 cm³/mol. The molecule has 1 atom stereocenters. The number of benzene rings is 2. The standard InChI is InChI=1S/C23H23F2NO4/c24-19-5-1-3-17(14-19)22(27)21-7-6-20(25)13-16(21)8-11-30-12-10-26-9-2-4-18(15-26)23(28)29/h1,3,5-8,11,13-14,18H,2,4,9-10,12,15H2,(H,28,29)/b11-8-. The van der Waals surface area contributed by atoms with Gasteiger partial charge in [-0.25, -0.2) is 8.78 Å². The number of rotatable bonds is 8. The number of halogens is 2. The summed E-state index contributed by atoms with van der Waals surface area (Å²) in [5.74, 6) is -2.56. The molecule has 1 saturated heterocycles. The minimum atomic E-state index is -0.776. The number of carboxylic acid groups (broad SMARTS) is 1. The topological polar surface area (TPSA) is 66.8 Å². The number of likely N-dealkylation sites (tertiary alicyclic amines) is 1. The Bertz CT molecular complexity index is 945. The number of ketones is 1. The van der Waals surface area contributed by atoms with Gasteiger partial charge in [-0.1, -0.05) is 12.1 Å². The molecule has 2 aromatic rings. The minimum Gasteiger partial charge on any atom is -0.500 e. The first kappa shape index (κ1) is 21.6. The molecule has 7 heteroatoms. The first-order chi connectivity index (χ1) is 14.4. The fourth-order valence-electron chi connectivity index (χ4n) is 3.49. The van der Waals surface area contributed by atoms with Crippen molar-refractivity contribution < 1.29 is 28.2 Å². The number of aliphatic carboxylic acids is 1. The summed E-state index contributed by atoms with van der Waals surface area (Å²) in [5.41, 5.74) is 0.741. The van der Waals surface area contributed by atoms with Gasteiger partial charge < -0.3 is 9.84 Å². The van der Waals surface area contributed by atoms with E-state index < -0.39 is 23.4 Å². The van der Waals surface area contributed by atoms with Crippen LogP contribution in [0.1, 0.15) is 34.3 Å². The molecule has 1 fully saturated rings. The zero-order valence-electron chi connectivity index (χ0n) is 16.4. The Labute approximate surface area is 173 Å². The summed E-state index contributed by atoms with van der Waals surface area (Å²) in [7, 11) is 0. The number of carbonyl (C=O) groups excluding carboxylic acids is 1. The maximum atomic E-state index is 13.7. The number of carbonyl (C=O) groups is 2. The van der Waals surface area contributed by atoms with Gasteiger partial charge in [0.2, 0.25) is 0 Å². The second-order valence-electron chi connectivity index (χ2n) is 7.22. The molecule has 0 amide bonds. The van der Waals surface area contributed by atoms with E-state index in [0.717, 1.165) is 19.0 Å². The molecular formula is C23H23F2NO4. The summed E-state index contributed by atoms with van der Waals surface area (Å²) >= 11 is 0. The maximum absolute atomic E-state index is 13.7. The van der Waals surface area contributed by atoms with E-state index in [2.05, 4.69) is 0 Å². The maximum Gasteiger partial charge on any atom is 0.307 e. The lowest BCUT2D eigenvalue weighted by Crippen LogP contribution is -2.40. The van der Waals surface area contributed by atoms with Crippen molar-refractivity contribution >= 4 is 17.8 Å². The summed E-state index contributed by atoms with van der Waals surface area (Å²) in [6.45, 7) is 2.24. The summed E-state index contributed by atoms with van der Waals surface area (Å²) < 4.78 is 32.6. The molecule has 1 unspecified atom stereocenters. The van der Waals surface area contributed by atoms with Crippen LogP contribution < -0.4 is 0 Å². The lowest BCUT2D eigenvalue weighted by atomic mass is 9.98. The third kappa shape index (κ3) is 5.73. The van der Waals surface area contributed by atoms with Gasteiger partial charge in [-0.2, -0.15) is 0 Å². The number of piperidine rings is 1. The van der Waals surface area contributed by atoms with E-state index in [9.17, 15) is 18.4 Å². The molecule has 0 aromatic heterocycles. The van der Waals surface area contributed by atoms with Crippen LogP contribution >= 0.6 is 0 Å². The molecule has 0 spiro atoms. The predicted octanol–water partition coefficient (Wildman–Crippen LogP) is 3.98. The summed E-state index contributed by atoms with van der Waals surface area (Å²) in [6, 6.07) is 9.09. The van der Waals surface area contributed by atoms with Gasteiger partial charge in [0, 0.05) is 24.2 Å². The zero-order chi connectivity index (χ0) is 21.5. The first-order valence-corrected chi connectivity index (χ1v) is 9.77. The van der Waals surface area contributed by atoms with Crippen molar-refractivity contribution in [3.05, 3.63) is 77.1 Å². The molecule has 0 aliphatic carbocycles. The Balaban J connectivity index is 1.61. The molecule has 30 heavy (non-hydrogen) atoms. The van der Waals surface area contributed by atoms with Gasteiger partial charge >= 0.3 is 5.97 Å². The average Bonchev–Trinajstić information content (AvgIpc) is 2.73. The van der Waals surface area contributed by atoms with Crippen LogP contribution in [0.2, 0.25) is 0 Å². The Morgan fingerprint density at radius 3 is 2.73 bits per heavy atom. The van der Waals surface area contributed by atoms with E-state index in [1.54, 1.807) is 0 Å². The summed E-state index contributed by atoms with van der Waals surface area (Å²) in [5, 5.41) is 9.13. The second kappa shape index (κ2) is 10.1. The van der Waals surface area contributed by atoms with Gasteiger partial charge in [-0.05, 0) is 61.4 Å². The van der Waals surface area contributed by atoms with Gasteiger partial charge in [0.05, 0.1) is 18.8 Å². The minimum absolute atomic E-state index is 0.176. The molecule has 1 aliphatic heterocycles. The molecular weight excluding hydrogens is 392 g/mol. The third-order valence-electron chi connectivity index (χ3n) is 5.07. The quantitative estimate of drug-likeness (QED) is 0.401. The third-order valence-corrected chi connectivity index (χ3v) is 5.07. The number of carboxylic acids is 1. The fourth-order valence-corrected chi connectivity index (χ4v) is 3.49. The Kier molecular flexibility index (Phi) is 7.30. The van der Waals surface area contributed by atoms with E-state index in [-0.39, 0.29) is 17.0 Å². The number of hydrogen-bond donors (Lipinski definition) is 1. The van der Waals surface area contributed by atoms with Crippen molar-refractivity contribution in [2.75, 3.05) is 26.2 Å². The molecule has 2 aromatic carbocycles. The van der Waals surface area contributed by atoms with E-state index in [1.165, 1.54) is 48.7 Å². The highest BCUT2D eigenvalue weighted by atomic mass is 19.1. The fraction of sp³-hybridized carbons (Fsp3) is 0.304. The van der Waals surface area contributed by atoms with Gasteiger partial charge in [0.25, 0.3) is 0 Å². The van der Waals surface area contributed by atoms with Crippen LogP contribution in [0.3, 0.4) is 0 Å². The average molecular weight is 415 g/mol. The van der Waals surface area contributed by atoms with Crippen LogP contribution in [0.5, 0.6) is 0 Å². The molecule has 5 nitrogen and oxygen atoms in total. The van der Waals surface area contributed by atoms with Gasteiger partial charge in [-0.3, -0.25) is 14.5 Å². The highest BCUT2D eigenvalue weighted by Crippen LogP contribution is 2.19. The van der Waals surface area contributed by atoms with Crippen LogP contribution in [0.25, 0.3) is 6.08 Å². The number of ether oxygens (including phenoxy) is 1. The smallest absolute Gasteiger partial charge is 0.307 e. The van der Waals surface area contributed by atoms with Gasteiger partial charge in [-0.15, -0.1) is 0 Å². The number of nitrogens with zero attached hydrogens (tertiary/aromatic N) is 1. The molecule has 3 rings (SSSR count). The lowest BCUT2D eigenvalue weighted by molar-refractivity contribution is -0.143. The zero-order valence-corrected chi connectivity index (χ0v) is 16.4. The lowest BCUT2D eigenvalue weighted by Gasteiger charge is -2.30. The van der Waals surface area contributed by atoms with Crippen LogP contribution in [-0.2, 0) is 9.53 Å². The Morgan fingerprint density at radius 2 is 1.97 bits per heavy atom. The highest BCUT2D eigenvalue weighted by Gasteiger charge is 2.24. The summed E-state index contributed by atoms with van der Waals surface area (Å²) in [4.78, 5) is 25.9. The molecule has 158 valence electrons. The van der Waals surface area contributed by atoms with Crippen LogP contribution in [0.15, 0.2) is 48.7 Å². The van der Waals surface area contributed by atoms with E-state index in [0.29, 0.717) is 31.7 Å². The SMILES string of the molecule is O=C(c1cccc(F)c1)c1ccc(F)cc1/C=C\OCCN1CCCC(C(=O)O)C1. The van der Waals surface area contributed by atoms with Crippen molar-refractivity contribution in [2.45, 2.75) is 12.8 Å². The first-order valence-electron chi connectivity index (χ1n) is 9.77. The van der Waals surface area contributed by atoms with Crippen LogP contribution in [-0.4, -0.2) is 48.0 Å². The largest absolute Gasteiger partial charge is 0.500 e. The molecule has 1 heterocycles. The molecule has 0 bridgehead atoms. The van der Waals surface area contributed by atoms with Crippen molar-refractivity contribution in [3.63, 3.8) is 0 Å². The highest BCUT2D eigenvalue weighted by molar-refractivity contribution is 6.11. The molecule has 0 saturated carbocycles. The van der Waals surface area contributed by atoms with Crippen LogP contribution in [0.4, 0.5) is 8.78 Å². The Morgan fingerprint density at radius 1 is 1.17 bits per heavy atom. The van der Waals surface area contributed by atoms with Crippen molar-refractivity contribution in [3.8, 4) is 0 Å². The number of hydrogen-bond acceptors (Lipinski definition) is 4. The second-order valence-corrected chi connectivity index (χ2v) is 7.22. The normalized spacial score (nSPS) is 17.2. The van der Waals surface area contributed by atoms with Crippen molar-refractivity contribution in [1.29, 1.82) is 0 Å². The van der Waals surface area contributed by atoms with Gasteiger partial charge in [0.15, 0.2) is 5.78 Å². The van der Waals surface area contributed by atoms with Crippen molar-refractivity contribution in [2.24, 2.45) is 5.92 Å². The van der Waals surface area contributed by atoms with E-state index >= 15 is 0 Å². The Hall–Kier alpha value is -3.06. The monoisotopic (exact) mass is 415 g/mol. The summed E-state index contributed by atoms with van der Waals surface area (Å²) in [6.07, 6.45) is 4.40. The van der Waals surface area contributed by atoms with Crippen molar-refractivity contribution in [1.82, 2.24) is 4.90 Å². The van der Waals surface area contributed by atoms with Crippen LogP contribution in [0, 0.1) is 17.6 Å². The van der Waals surface area contributed by atoms with E-state index in [1.807, 2.05) is 4.90 Å². The van der Waals surface area contributed by atoms with Gasteiger partial charge in [0.1, 0.15) is 11.6 Å². The van der Waals surface area contributed by atoms with E-state index in [4.69, 9.17) is 9.84 Å². The molecule has 1 aliphatic rings. The molecule has 0 radical (unpaired) electrons. The molecule has 1 N–H and O–H groups in total.